The van der Waals surface area contributed by atoms with Crippen molar-refractivity contribution in [2.24, 2.45) is 10.9 Å². The summed E-state index contributed by atoms with van der Waals surface area (Å²) in [5.74, 6) is -4.22. The first-order valence-corrected chi connectivity index (χ1v) is 11.2. The lowest BCUT2D eigenvalue weighted by Crippen LogP contribution is -2.37. The van der Waals surface area contributed by atoms with Crippen molar-refractivity contribution in [1.29, 1.82) is 0 Å². The lowest BCUT2D eigenvalue weighted by atomic mass is 9.75. The normalized spacial score (nSPS) is 17.9. The van der Waals surface area contributed by atoms with E-state index < -0.39 is 35.6 Å². The highest BCUT2D eigenvalue weighted by Gasteiger charge is 2.46. The van der Waals surface area contributed by atoms with Crippen LogP contribution in [0.25, 0.3) is 0 Å². The molecule has 2 heterocycles. The van der Waals surface area contributed by atoms with Gasteiger partial charge in [0.15, 0.2) is 0 Å². The first kappa shape index (κ1) is 26.9. The van der Waals surface area contributed by atoms with Crippen LogP contribution in [0.1, 0.15) is 36.6 Å². The third kappa shape index (κ3) is 5.75. The molecule has 0 N–H and O–H groups in total. The van der Waals surface area contributed by atoms with Crippen LogP contribution in [0.5, 0.6) is 0 Å². The molecule has 0 amide bonds. The van der Waals surface area contributed by atoms with Crippen LogP contribution in [0.3, 0.4) is 0 Å². The highest BCUT2D eigenvalue weighted by Crippen LogP contribution is 2.44. The minimum absolute atomic E-state index is 0.00556. The van der Waals surface area contributed by atoms with E-state index in [1.54, 1.807) is 0 Å². The molecule has 0 saturated heterocycles. The van der Waals surface area contributed by atoms with Crippen molar-refractivity contribution >= 4 is 23.3 Å². The molecule has 10 heteroatoms. The Balaban J connectivity index is 1.95. The molecule has 1 aromatic carbocycles. The van der Waals surface area contributed by atoms with Crippen molar-refractivity contribution in [1.82, 2.24) is 4.98 Å². The van der Waals surface area contributed by atoms with E-state index in [1.807, 2.05) is 43.3 Å². The SMILES string of the molecule is COC(=O)C1C(C)=NC(C)=C(C(=O)OCCc2ccc(N(C)C)cc2)C1c1cccnc1C(F)(F)F. The minimum Gasteiger partial charge on any atom is -0.468 e. The van der Waals surface area contributed by atoms with Gasteiger partial charge in [-0.1, -0.05) is 18.2 Å². The molecule has 2 aromatic rings. The number of allylic oxidation sites excluding steroid dienone is 1. The van der Waals surface area contributed by atoms with E-state index in [0.29, 0.717) is 6.42 Å². The number of halogens is 3. The Bertz CT molecular complexity index is 1190. The summed E-state index contributed by atoms with van der Waals surface area (Å²) in [6, 6.07) is 10.2. The van der Waals surface area contributed by atoms with Crippen LogP contribution >= 0.6 is 0 Å². The standard InChI is InChI=1S/C26H28F3N3O4/c1-15-20(24(33)35-5)22(19-7-6-13-30-23(19)26(27,28)29)21(16(2)31-15)25(34)36-14-12-17-8-10-18(11-9-17)32(3)4/h6-11,13,20,22H,12,14H2,1-5H3. The fraction of sp³-hybridized carbons (Fsp3) is 0.385. The van der Waals surface area contributed by atoms with Crippen LogP contribution < -0.4 is 4.90 Å². The Morgan fingerprint density at radius 1 is 1.08 bits per heavy atom. The van der Waals surface area contributed by atoms with Crippen molar-refractivity contribution in [3.63, 3.8) is 0 Å². The lowest BCUT2D eigenvalue weighted by Gasteiger charge is -2.32. The summed E-state index contributed by atoms with van der Waals surface area (Å²) >= 11 is 0. The number of pyridine rings is 1. The van der Waals surface area contributed by atoms with Gasteiger partial charge < -0.3 is 14.4 Å². The Hall–Kier alpha value is -3.69. The number of esters is 2. The summed E-state index contributed by atoms with van der Waals surface area (Å²) in [4.78, 5) is 35.7. The lowest BCUT2D eigenvalue weighted by molar-refractivity contribution is -0.146. The molecule has 3 rings (SSSR count). The molecular formula is C26H28F3N3O4. The molecule has 2 unspecified atom stereocenters. The summed E-state index contributed by atoms with van der Waals surface area (Å²) in [6.07, 6.45) is -3.39. The van der Waals surface area contributed by atoms with E-state index >= 15 is 0 Å². The summed E-state index contributed by atoms with van der Waals surface area (Å²) in [6.45, 7) is 3.01. The number of alkyl halides is 3. The van der Waals surface area contributed by atoms with Gasteiger partial charge in [-0.2, -0.15) is 13.2 Å². The zero-order valence-corrected chi connectivity index (χ0v) is 20.7. The molecule has 0 radical (unpaired) electrons. The number of rotatable bonds is 7. The number of nitrogens with zero attached hydrogens (tertiary/aromatic N) is 3. The largest absolute Gasteiger partial charge is 0.468 e. The number of carbonyl (C=O) groups is 2. The fourth-order valence-electron chi connectivity index (χ4n) is 4.28. The summed E-state index contributed by atoms with van der Waals surface area (Å²) in [5, 5.41) is 0. The van der Waals surface area contributed by atoms with E-state index in [0.717, 1.165) is 24.6 Å². The molecular weight excluding hydrogens is 475 g/mol. The maximum Gasteiger partial charge on any atom is 0.433 e. The zero-order valence-electron chi connectivity index (χ0n) is 20.7. The van der Waals surface area contributed by atoms with Crippen LogP contribution in [0, 0.1) is 5.92 Å². The van der Waals surface area contributed by atoms with Crippen molar-refractivity contribution in [2.45, 2.75) is 32.4 Å². The van der Waals surface area contributed by atoms with Gasteiger partial charge in [-0.15, -0.1) is 0 Å². The Morgan fingerprint density at radius 3 is 2.33 bits per heavy atom. The molecule has 0 fully saturated rings. The van der Waals surface area contributed by atoms with Crippen molar-refractivity contribution in [3.8, 4) is 0 Å². The molecule has 1 aromatic heterocycles. The molecule has 36 heavy (non-hydrogen) atoms. The average Bonchev–Trinajstić information content (AvgIpc) is 2.82. The first-order chi connectivity index (χ1) is 17.0. The Labute approximate surface area is 207 Å². The molecule has 1 aliphatic heterocycles. The monoisotopic (exact) mass is 503 g/mol. The second-order valence-corrected chi connectivity index (χ2v) is 8.62. The predicted octanol–water partition coefficient (Wildman–Crippen LogP) is 4.57. The van der Waals surface area contributed by atoms with Crippen molar-refractivity contribution in [2.75, 3.05) is 32.7 Å². The van der Waals surface area contributed by atoms with Gasteiger partial charge in [0, 0.05) is 49.7 Å². The van der Waals surface area contributed by atoms with Crippen molar-refractivity contribution < 1.29 is 32.2 Å². The van der Waals surface area contributed by atoms with Gasteiger partial charge in [0.25, 0.3) is 0 Å². The highest BCUT2D eigenvalue weighted by molar-refractivity contribution is 6.07. The molecule has 0 bridgehead atoms. The quantitative estimate of drug-likeness (QED) is 0.515. The Morgan fingerprint density at radius 2 is 1.75 bits per heavy atom. The van der Waals surface area contributed by atoms with E-state index in [-0.39, 0.29) is 29.2 Å². The summed E-state index contributed by atoms with van der Waals surface area (Å²) in [7, 11) is 4.97. The number of anilines is 1. The van der Waals surface area contributed by atoms with Crippen LogP contribution in [0.15, 0.2) is 58.9 Å². The topological polar surface area (TPSA) is 81.1 Å². The Kier molecular flexibility index (Phi) is 8.17. The number of aromatic nitrogens is 1. The van der Waals surface area contributed by atoms with E-state index in [1.165, 1.54) is 26.0 Å². The third-order valence-electron chi connectivity index (χ3n) is 6.02. The van der Waals surface area contributed by atoms with Gasteiger partial charge in [0.2, 0.25) is 0 Å². The fourth-order valence-corrected chi connectivity index (χ4v) is 4.28. The molecule has 2 atom stereocenters. The van der Waals surface area contributed by atoms with Gasteiger partial charge in [0.05, 0.1) is 19.3 Å². The van der Waals surface area contributed by atoms with Gasteiger partial charge in [0.1, 0.15) is 11.6 Å². The van der Waals surface area contributed by atoms with Crippen molar-refractivity contribution in [3.05, 3.63) is 70.7 Å². The molecule has 0 saturated carbocycles. The number of aliphatic imine (C=N–C) groups is 1. The maximum atomic E-state index is 13.9. The molecule has 7 nitrogen and oxygen atoms in total. The van der Waals surface area contributed by atoms with Gasteiger partial charge in [-0.05, 0) is 43.2 Å². The van der Waals surface area contributed by atoms with Crippen LogP contribution in [-0.4, -0.2) is 50.4 Å². The molecule has 1 aliphatic rings. The van der Waals surface area contributed by atoms with E-state index in [2.05, 4.69) is 9.98 Å². The molecule has 192 valence electrons. The van der Waals surface area contributed by atoms with Gasteiger partial charge >= 0.3 is 18.1 Å². The van der Waals surface area contributed by atoms with Gasteiger partial charge in [-0.25, -0.2) is 4.79 Å². The molecule has 0 aliphatic carbocycles. The number of benzene rings is 1. The first-order valence-electron chi connectivity index (χ1n) is 11.2. The van der Waals surface area contributed by atoms with Gasteiger partial charge in [-0.3, -0.25) is 14.8 Å². The number of ether oxygens (including phenoxy) is 2. The minimum atomic E-state index is -4.80. The third-order valence-corrected chi connectivity index (χ3v) is 6.02. The smallest absolute Gasteiger partial charge is 0.433 e. The number of hydrogen-bond donors (Lipinski definition) is 0. The number of carbonyl (C=O) groups excluding carboxylic acids is 2. The van der Waals surface area contributed by atoms with Crippen LogP contribution in [0.2, 0.25) is 0 Å². The molecule has 0 spiro atoms. The second kappa shape index (κ2) is 10.9. The maximum absolute atomic E-state index is 13.9. The second-order valence-electron chi connectivity index (χ2n) is 8.62. The number of hydrogen-bond acceptors (Lipinski definition) is 7. The summed E-state index contributed by atoms with van der Waals surface area (Å²) < 4.78 is 51.9. The van der Waals surface area contributed by atoms with E-state index in [9.17, 15) is 22.8 Å². The van der Waals surface area contributed by atoms with Crippen LogP contribution in [0.4, 0.5) is 18.9 Å². The number of methoxy groups -OCH3 is 1. The predicted molar refractivity (Wildman–Crippen MR) is 129 cm³/mol. The summed E-state index contributed by atoms with van der Waals surface area (Å²) in [5.41, 5.74) is 0.719. The van der Waals surface area contributed by atoms with Crippen LogP contribution in [-0.2, 0) is 31.7 Å². The highest BCUT2D eigenvalue weighted by atomic mass is 19.4. The van der Waals surface area contributed by atoms with E-state index in [4.69, 9.17) is 9.47 Å². The average molecular weight is 504 g/mol. The zero-order chi connectivity index (χ0) is 26.6.